The Labute approximate surface area is 104 Å². The number of aldehydes is 2. The minimum Gasteiger partial charge on any atom is -0.457 e. The summed E-state index contributed by atoms with van der Waals surface area (Å²) in [5.41, 5.74) is 2.65. The van der Waals surface area contributed by atoms with Gasteiger partial charge in [0.15, 0.2) is 12.6 Å². The van der Waals surface area contributed by atoms with Gasteiger partial charge >= 0.3 is 0 Å². The molecule has 1 heterocycles. The largest absolute Gasteiger partial charge is 0.457 e. The molecule has 0 aliphatic carbocycles. The number of hydrogen-bond acceptors (Lipinski definition) is 3. The molecule has 88 valence electrons. The third-order valence-electron chi connectivity index (χ3n) is 3.15. The summed E-state index contributed by atoms with van der Waals surface area (Å²) in [5, 5.41) is 0. The number of rotatable bonds is 2. The molecule has 0 fully saturated rings. The topological polar surface area (TPSA) is 43.4 Å². The van der Waals surface area contributed by atoms with Gasteiger partial charge in [0.25, 0.3) is 0 Å². The van der Waals surface area contributed by atoms with Crippen molar-refractivity contribution < 1.29 is 14.3 Å². The zero-order chi connectivity index (χ0) is 12.5. The quantitative estimate of drug-likeness (QED) is 0.644. The van der Waals surface area contributed by atoms with Crippen molar-refractivity contribution in [2.24, 2.45) is 0 Å². The van der Waals surface area contributed by atoms with Gasteiger partial charge in [0.2, 0.25) is 0 Å². The number of hydrogen-bond donors (Lipinski definition) is 0. The molecular formula is C15H10O3. The molecule has 1 aliphatic heterocycles. The van der Waals surface area contributed by atoms with Crippen LogP contribution in [0.5, 0.6) is 11.5 Å². The van der Waals surface area contributed by atoms with E-state index in [1.165, 1.54) is 0 Å². The molecule has 2 aromatic rings. The molecular weight excluding hydrogens is 228 g/mol. The Hall–Kier alpha value is -2.42. The molecule has 3 heteroatoms. The maximum absolute atomic E-state index is 11.2. The van der Waals surface area contributed by atoms with Crippen molar-refractivity contribution >= 4 is 12.6 Å². The van der Waals surface area contributed by atoms with Gasteiger partial charge in [-0.1, -0.05) is 18.2 Å². The summed E-state index contributed by atoms with van der Waals surface area (Å²) in [7, 11) is 0. The van der Waals surface area contributed by atoms with Gasteiger partial charge in [-0.3, -0.25) is 9.59 Å². The van der Waals surface area contributed by atoms with Crippen LogP contribution in [-0.4, -0.2) is 12.6 Å². The Balaban J connectivity index is 2.18. The van der Waals surface area contributed by atoms with E-state index in [-0.39, 0.29) is 0 Å². The van der Waals surface area contributed by atoms with Crippen LogP contribution in [0.3, 0.4) is 0 Å². The Bertz CT molecular complexity index is 644. The van der Waals surface area contributed by atoms with Gasteiger partial charge in [0, 0.05) is 23.1 Å². The predicted molar refractivity (Wildman–Crippen MR) is 66.5 cm³/mol. The molecule has 0 unspecified atom stereocenters. The van der Waals surface area contributed by atoms with Crippen molar-refractivity contribution in [3.8, 4) is 11.5 Å². The van der Waals surface area contributed by atoms with Crippen LogP contribution in [-0.2, 0) is 6.42 Å². The molecule has 0 aromatic heterocycles. The second kappa shape index (κ2) is 4.11. The number of ether oxygens (including phenoxy) is 1. The molecule has 3 nitrogen and oxygen atoms in total. The third kappa shape index (κ3) is 1.52. The lowest BCUT2D eigenvalue weighted by molar-refractivity contribution is 0.109. The fourth-order valence-electron chi connectivity index (χ4n) is 2.24. The highest BCUT2D eigenvalue weighted by atomic mass is 16.5. The zero-order valence-corrected chi connectivity index (χ0v) is 9.55. The van der Waals surface area contributed by atoms with Crippen LogP contribution in [0, 0.1) is 0 Å². The summed E-state index contributed by atoms with van der Waals surface area (Å²) in [6, 6.07) is 11.0. The van der Waals surface area contributed by atoms with Gasteiger partial charge in [-0.15, -0.1) is 0 Å². The highest BCUT2D eigenvalue weighted by Gasteiger charge is 2.21. The minimum atomic E-state index is 0.409. The van der Waals surface area contributed by atoms with E-state index in [0.29, 0.717) is 29.6 Å². The summed E-state index contributed by atoms with van der Waals surface area (Å²) in [4.78, 5) is 22.1. The van der Waals surface area contributed by atoms with Crippen LogP contribution in [0.15, 0.2) is 36.4 Å². The molecule has 18 heavy (non-hydrogen) atoms. The van der Waals surface area contributed by atoms with Crippen molar-refractivity contribution in [3.63, 3.8) is 0 Å². The smallest absolute Gasteiger partial charge is 0.151 e. The maximum atomic E-state index is 11.2. The van der Waals surface area contributed by atoms with Gasteiger partial charge in [-0.05, 0) is 23.8 Å². The second-order valence-corrected chi connectivity index (χ2v) is 4.17. The van der Waals surface area contributed by atoms with Crippen molar-refractivity contribution in [1.29, 1.82) is 0 Å². The summed E-state index contributed by atoms with van der Waals surface area (Å²) in [6.45, 7) is 0. The Kier molecular flexibility index (Phi) is 2.45. The highest BCUT2D eigenvalue weighted by Crippen LogP contribution is 2.38. The first-order chi connectivity index (χ1) is 8.83. The molecule has 0 N–H and O–H groups in total. The third-order valence-corrected chi connectivity index (χ3v) is 3.15. The molecule has 0 saturated carbocycles. The van der Waals surface area contributed by atoms with E-state index in [1.807, 2.05) is 24.3 Å². The number of carbonyl (C=O) groups is 2. The lowest BCUT2D eigenvalue weighted by Gasteiger charge is -2.21. The van der Waals surface area contributed by atoms with E-state index in [9.17, 15) is 9.59 Å². The molecule has 0 atom stereocenters. The first-order valence-corrected chi connectivity index (χ1v) is 5.65. The van der Waals surface area contributed by atoms with E-state index < -0.39 is 0 Å². The summed E-state index contributed by atoms with van der Waals surface area (Å²) in [5.74, 6) is 1.46. The van der Waals surface area contributed by atoms with Gasteiger partial charge in [0.1, 0.15) is 11.5 Å². The predicted octanol–water partition coefficient (Wildman–Crippen LogP) is 3.01. The fraction of sp³-hybridized carbons (Fsp3) is 0.0667. The average molecular weight is 238 g/mol. The molecule has 0 bridgehead atoms. The lowest BCUT2D eigenvalue weighted by atomic mass is 9.93. The fourth-order valence-corrected chi connectivity index (χ4v) is 2.24. The maximum Gasteiger partial charge on any atom is 0.151 e. The molecule has 0 saturated heterocycles. The minimum absolute atomic E-state index is 0.409. The Morgan fingerprint density at radius 3 is 2.56 bits per heavy atom. The summed E-state index contributed by atoms with van der Waals surface area (Å²) >= 11 is 0. The summed E-state index contributed by atoms with van der Waals surface area (Å²) in [6.07, 6.45) is 2.03. The number of fused-ring (bicyclic) bond motifs is 2. The van der Waals surface area contributed by atoms with Gasteiger partial charge < -0.3 is 4.74 Å². The Morgan fingerprint density at radius 2 is 1.78 bits per heavy atom. The van der Waals surface area contributed by atoms with Crippen molar-refractivity contribution in [2.45, 2.75) is 6.42 Å². The van der Waals surface area contributed by atoms with Crippen molar-refractivity contribution in [1.82, 2.24) is 0 Å². The number of carbonyl (C=O) groups excluding carboxylic acids is 2. The van der Waals surface area contributed by atoms with Crippen LogP contribution >= 0.6 is 0 Å². The van der Waals surface area contributed by atoms with E-state index in [4.69, 9.17) is 4.74 Å². The normalized spacial score (nSPS) is 12.0. The van der Waals surface area contributed by atoms with Crippen LogP contribution in [0.1, 0.15) is 31.8 Å². The van der Waals surface area contributed by atoms with Crippen LogP contribution in [0.2, 0.25) is 0 Å². The first-order valence-electron chi connectivity index (χ1n) is 5.65. The standard InChI is InChI=1S/C15H10O3/c16-8-11-5-6-15-12(13(11)9-17)7-10-3-1-2-4-14(10)18-15/h1-6,8-9H,7H2. The molecule has 0 spiro atoms. The molecule has 0 radical (unpaired) electrons. The van der Waals surface area contributed by atoms with Crippen LogP contribution in [0.4, 0.5) is 0 Å². The van der Waals surface area contributed by atoms with Crippen molar-refractivity contribution in [2.75, 3.05) is 0 Å². The molecule has 3 rings (SSSR count). The van der Waals surface area contributed by atoms with E-state index >= 15 is 0 Å². The number of benzene rings is 2. The highest BCUT2D eigenvalue weighted by molar-refractivity contribution is 5.93. The SMILES string of the molecule is O=Cc1ccc2c(c1C=O)Cc1ccccc1O2. The molecule has 1 aliphatic rings. The molecule has 0 amide bonds. The summed E-state index contributed by atoms with van der Waals surface area (Å²) < 4.78 is 5.74. The zero-order valence-electron chi connectivity index (χ0n) is 9.55. The average Bonchev–Trinajstić information content (AvgIpc) is 2.43. The lowest BCUT2D eigenvalue weighted by Crippen LogP contribution is -2.08. The molecule has 2 aromatic carbocycles. The van der Waals surface area contributed by atoms with Gasteiger partial charge in [-0.2, -0.15) is 0 Å². The van der Waals surface area contributed by atoms with E-state index in [0.717, 1.165) is 23.2 Å². The Morgan fingerprint density at radius 1 is 0.944 bits per heavy atom. The monoisotopic (exact) mass is 238 g/mol. The van der Waals surface area contributed by atoms with Crippen molar-refractivity contribution in [3.05, 3.63) is 58.7 Å². The van der Waals surface area contributed by atoms with E-state index in [1.54, 1.807) is 12.1 Å². The second-order valence-electron chi connectivity index (χ2n) is 4.17. The van der Waals surface area contributed by atoms with Gasteiger partial charge in [-0.25, -0.2) is 0 Å². The number of para-hydroxylation sites is 1. The van der Waals surface area contributed by atoms with Crippen LogP contribution < -0.4 is 4.74 Å². The van der Waals surface area contributed by atoms with Gasteiger partial charge in [0.05, 0.1) is 0 Å². The van der Waals surface area contributed by atoms with E-state index in [2.05, 4.69) is 0 Å². The van der Waals surface area contributed by atoms with Crippen LogP contribution in [0.25, 0.3) is 0 Å². The first kappa shape index (κ1) is 10.7.